The van der Waals surface area contributed by atoms with Crippen LogP contribution in [0.25, 0.3) is 5.32 Å². The van der Waals surface area contributed by atoms with Crippen molar-refractivity contribution in [3.63, 3.8) is 0 Å². The Hall–Kier alpha value is -0.976. The van der Waals surface area contributed by atoms with E-state index in [0.29, 0.717) is 0 Å². The molecule has 0 saturated heterocycles. The molecule has 101 valence electrons. The first-order chi connectivity index (χ1) is 9.09. The molecule has 0 aromatic carbocycles. The molecule has 2 heterocycles. The number of hydrogen-bond donors (Lipinski definition) is 2. The first-order valence-corrected chi connectivity index (χ1v) is 7.80. The van der Waals surface area contributed by atoms with E-state index in [1.165, 1.54) is 0 Å². The standard InChI is InChI=1S/C12H10ClN2.2H2O.O.V/c13-10-7-8-3-1-5-14-11(8)12-9(10)4-2-6-15-12;;;;/h1-5,7-8,11H,6H2;2*1H2;;/q-1;;;;+2/p-2. The van der Waals surface area contributed by atoms with Crippen LogP contribution in [0.4, 0.5) is 0 Å². The molecule has 0 bridgehead atoms. The number of allylic oxidation sites excluding steroid dienone is 4. The van der Waals surface area contributed by atoms with Crippen molar-refractivity contribution in [3.05, 3.63) is 52.0 Å². The Balaban J connectivity index is 0.000000297. The SMILES string of the molecule is ClC1=CC2C=CC=NC2C2=C1C=CC[N-]2.[O]=[V]([OH])[OH]. The summed E-state index contributed by atoms with van der Waals surface area (Å²) < 4.78 is 23.2. The summed E-state index contributed by atoms with van der Waals surface area (Å²) in [5.41, 5.74) is 2.08. The maximum absolute atomic E-state index is 8.78. The van der Waals surface area contributed by atoms with E-state index in [2.05, 4.69) is 22.5 Å². The van der Waals surface area contributed by atoms with Gasteiger partial charge in [-0.2, -0.15) is 0 Å². The second-order valence-electron chi connectivity index (χ2n) is 4.01. The van der Waals surface area contributed by atoms with Crippen molar-refractivity contribution in [3.8, 4) is 0 Å². The van der Waals surface area contributed by atoms with E-state index < -0.39 is 15.8 Å². The van der Waals surface area contributed by atoms with Gasteiger partial charge in [0.2, 0.25) is 0 Å². The van der Waals surface area contributed by atoms with Crippen LogP contribution in [0, 0.1) is 5.92 Å². The summed E-state index contributed by atoms with van der Waals surface area (Å²) in [5.74, 6) is 0.275. The molecule has 2 atom stereocenters. The van der Waals surface area contributed by atoms with Crippen molar-refractivity contribution >= 4 is 17.8 Å². The van der Waals surface area contributed by atoms with Crippen LogP contribution in [-0.4, -0.2) is 26.9 Å². The van der Waals surface area contributed by atoms with Gasteiger partial charge in [-0.05, 0) is 11.6 Å². The number of rotatable bonds is 0. The average Bonchev–Trinajstić information content (AvgIpc) is 2.39. The molecule has 0 aromatic heterocycles. The van der Waals surface area contributed by atoms with Crippen molar-refractivity contribution in [2.45, 2.75) is 6.04 Å². The number of halogens is 1. The predicted molar refractivity (Wildman–Crippen MR) is 68.4 cm³/mol. The molecule has 0 radical (unpaired) electrons. The molecule has 2 unspecified atom stereocenters. The molecule has 7 heteroatoms. The van der Waals surface area contributed by atoms with Gasteiger partial charge in [0.15, 0.2) is 0 Å². The number of fused-ring (bicyclic) bond motifs is 2. The monoisotopic (exact) mass is 318 g/mol. The zero-order chi connectivity index (χ0) is 13.8. The molecule has 19 heavy (non-hydrogen) atoms. The van der Waals surface area contributed by atoms with Crippen LogP contribution in [-0.2, 0) is 19.5 Å². The quantitative estimate of drug-likeness (QED) is 0.713. The van der Waals surface area contributed by atoms with Gasteiger partial charge in [-0.1, -0.05) is 29.8 Å². The molecule has 0 aromatic rings. The van der Waals surface area contributed by atoms with Gasteiger partial charge in [0.25, 0.3) is 0 Å². The van der Waals surface area contributed by atoms with Crippen LogP contribution >= 0.6 is 11.6 Å². The van der Waals surface area contributed by atoms with Gasteiger partial charge >= 0.3 is 27.5 Å². The molecule has 3 rings (SSSR count). The van der Waals surface area contributed by atoms with E-state index in [-0.39, 0.29) is 12.0 Å². The van der Waals surface area contributed by atoms with Crippen LogP contribution in [0.3, 0.4) is 0 Å². The number of aliphatic imine (C=N–C) groups is 1. The van der Waals surface area contributed by atoms with Gasteiger partial charge in [0.1, 0.15) is 0 Å². The van der Waals surface area contributed by atoms with Crippen LogP contribution in [0.5, 0.6) is 0 Å². The third-order valence-corrected chi connectivity index (χ3v) is 3.16. The Morgan fingerprint density at radius 2 is 2.21 bits per heavy atom. The van der Waals surface area contributed by atoms with Gasteiger partial charge in [-0.25, -0.2) is 0 Å². The van der Waals surface area contributed by atoms with Gasteiger partial charge in [0, 0.05) is 17.2 Å². The normalized spacial score (nSPS) is 26.6. The first kappa shape index (κ1) is 14.4. The van der Waals surface area contributed by atoms with Crippen molar-refractivity contribution < 1.29 is 27.5 Å². The molecule has 0 amide bonds. The fourth-order valence-electron chi connectivity index (χ4n) is 2.13. The van der Waals surface area contributed by atoms with Crippen LogP contribution in [0.2, 0.25) is 0 Å². The van der Waals surface area contributed by atoms with Crippen LogP contribution in [0.1, 0.15) is 0 Å². The summed E-state index contributed by atoms with van der Waals surface area (Å²) in [5, 5.41) is 5.30. The zero-order valence-corrected chi connectivity index (χ0v) is 12.0. The predicted octanol–water partition coefficient (Wildman–Crippen LogP) is 1.71. The Morgan fingerprint density at radius 1 is 1.47 bits per heavy atom. The Kier molecular flexibility index (Phi) is 4.90. The fraction of sp³-hybridized carbons (Fsp3) is 0.250. The summed E-state index contributed by atoms with van der Waals surface area (Å²) in [6.45, 7) is 0.742. The number of hydrogen-bond acceptors (Lipinski definition) is 2. The minimum atomic E-state index is -3.44. The second kappa shape index (κ2) is 6.45. The van der Waals surface area contributed by atoms with Gasteiger partial charge in [-0.15, -0.1) is 18.3 Å². The number of dihydropyridines is 1. The summed E-state index contributed by atoms with van der Waals surface area (Å²) in [4.78, 5) is 4.47. The fourth-order valence-corrected chi connectivity index (χ4v) is 2.44. The summed E-state index contributed by atoms with van der Waals surface area (Å²) in [7, 11) is 0. The van der Waals surface area contributed by atoms with E-state index in [4.69, 9.17) is 23.3 Å². The van der Waals surface area contributed by atoms with E-state index in [0.717, 1.165) is 22.8 Å². The maximum atomic E-state index is 8.78. The van der Waals surface area contributed by atoms with Crippen LogP contribution in [0.15, 0.2) is 51.7 Å². The molecule has 3 aliphatic rings. The molecule has 1 aliphatic carbocycles. The zero-order valence-electron chi connectivity index (χ0n) is 9.85. The average molecular weight is 319 g/mol. The summed E-state index contributed by atoms with van der Waals surface area (Å²) in [6, 6.07) is 0.137. The molecule has 5 nitrogen and oxygen atoms in total. The molecule has 2 aliphatic heterocycles. The molecular formula is C12H12ClN2O3V-. The molecule has 0 saturated carbocycles. The van der Waals surface area contributed by atoms with Gasteiger partial charge in [-0.3, -0.25) is 4.99 Å². The van der Waals surface area contributed by atoms with E-state index >= 15 is 0 Å². The second-order valence-corrected chi connectivity index (χ2v) is 5.21. The van der Waals surface area contributed by atoms with Crippen molar-refractivity contribution in [2.75, 3.05) is 6.54 Å². The number of nitrogens with zero attached hydrogens (tertiary/aromatic N) is 2. The summed E-state index contributed by atoms with van der Waals surface area (Å²) >= 11 is 2.78. The molecule has 0 spiro atoms. The minimum absolute atomic E-state index is 0.137. The molecular weight excluding hydrogens is 307 g/mol. The van der Waals surface area contributed by atoms with Crippen LogP contribution < -0.4 is 0 Å². The van der Waals surface area contributed by atoms with E-state index in [9.17, 15) is 0 Å². The topological polar surface area (TPSA) is 84.0 Å². The third-order valence-electron chi connectivity index (χ3n) is 2.83. The van der Waals surface area contributed by atoms with E-state index in [1.54, 1.807) is 0 Å². The van der Waals surface area contributed by atoms with E-state index in [1.807, 2.05) is 24.4 Å². The summed E-state index contributed by atoms with van der Waals surface area (Å²) in [6.07, 6.45) is 12.1. The molecule has 0 fully saturated rings. The Bertz CT molecular complexity index is 533. The van der Waals surface area contributed by atoms with Crippen molar-refractivity contribution in [2.24, 2.45) is 10.9 Å². The molecule has 2 N–H and O–H groups in total. The van der Waals surface area contributed by atoms with Gasteiger partial charge < -0.3 is 5.32 Å². The Morgan fingerprint density at radius 3 is 2.95 bits per heavy atom. The first-order valence-electron chi connectivity index (χ1n) is 5.60. The van der Waals surface area contributed by atoms with Crippen molar-refractivity contribution in [1.82, 2.24) is 0 Å². The Labute approximate surface area is 121 Å². The third kappa shape index (κ3) is 3.52. The van der Waals surface area contributed by atoms with Gasteiger partial charge in [0.05, 0.1) is 6.04 Å². The van der Waals surface area contributed by atoms with Crippen molar-refractivity contribution in [1.29, 1.82) is 0 Å².